The first-order valence-electron chi connectivity index (χ1n) is 8.90. The predicted molar refractivity (Wildman–Crippen MR) is 97.7 cm³/mol. The summed E-state index contributed by atoms with van der Waals surface area (Å²) >= 11 is 0. The van der Waals surface area contributed by atoms with Crippen LogP contribution in [-0.2, 0) is 6.18 Å². The maximum absolute atomic E-state index is 13.4. The second-order valence-electron chi connectivity index (χ2n) is 6.92. The molecule has 4 nitrogen and oxygen atoms in total. The van der Waals surface area contributed by atoms with E-state index in [2.05, 4.69) is 17.0 Å². The van der Waals surface area contributed by atoms with Gasteiger partial charge in [0.05, 0.1) is 25.7 Å². The van der Waals surface area contributed by atoms with Crippen molar-refractivity contribution < 1.29 is 18.1 Å². The number of hydrogen-bond acceptors (Lipinski definition) is 3. The zero-order valence-corrected chi connectivity index (χ0v) is 14.9. The van der Waals surface area contributed by atoms with Gasteiger partial charge in [0.15, 0.2) is 0 Å². The zero-order valence-electron chi connectivity index (χ0n) is 14.9. The first kappa shape index (κ1) is 17.7. The van der Waals surface area contributed by atoms with Crippen molar-refractivity contribution >= 4 is 16.7 Å². The predicted octanol–water partition coefficient (Wildman–Crippen LogP) is 2.72. The van der Waals surface area contributed by atoms with Crippen LogP contribution >= 0.6 is 0 Å². The average Bonchev–Trinajstić information content (AvgIpc) is 2.67. The third-order valence-electron chi connectivity index (χ3n) is 4.99. The minimum absolute atomic E-state index is 0.0423. The number of para-hydroxylation sites is 1. The van der Waals surface area contributed by atoms with Crippen molar-refractivity contribution in [3.63, 3.8) is 0 Å². The lowest BCUT2D eigenvalue weighted by molar-refractivity contribution is -0.883. The number of aromatic nitrogens is 2. The molecule has 1 aromatic heterocycles. The fraction of sp³-hybridized carbons (Fsp3) is 0.300. The topological polar surface area (TPSA) is 33.5 Å². The minimum atomic E-state index is -4.58. The first-order chi connectivity index (χ1) is 12.9. The molecule has 27 heavy (non-hydrogen) atoms. The van der Waals surface area contributed by atoms with Crippen LogP contribution < -0.4 is 9.80 Å². The molecule has 3 aromatic rings. The van der Waals surface area contributed by atoms with Gasteiger partial charge in [-0.25, -0.2) is 9.97 Å². The van der Waals surface area contributed by atoms with Gasteiger partial charge in [-0.1, -0.05) is 42.5 Å². The van der Waals surface area contributed by atoms with Crippen LogP contribution in [0, 0.1) is 0 Å². The average molecular weight is 373 g/mol. The monoisotopic (exact) mass is 373 g/mol. The summed E-state index contributed by atoms with van der Waals surface area (Å²) in [6.07, 6.45) is -4.58. The highest BCUT2D eigenvalue weighted by Gasteiger charge is 2.38. The molecule has 1 N–H and O–H groups in total. The molecule has 0 aliphatic carbocycles. The first-order valence-corrected chi connectivity index (χ1v) is 8.90. The van der Waals surface area contributed by atoms with Crippen molar-refractivity contribution in [2.24, 2.45) is 0 Å². The molecule has 140 valence electrons. The summed E-state index contributed by atoms with van der Waals surface area (Å²) in [4.78, 5) is 11.1. The molecule has 4 rings (SSSR count). The van der Waals surface area contributed by atoms with Crippen molar-refractivity contribution in [3.8, 4) is 0 Å². The molecule has 1 aliphatic heterocycles. The van der Waals surface area contributed by atoms with Crippen LogP contribution in [-0.4, -0.2) is 36.6 Å². The fourth-order valence-electron chi connectivity index (χ4n) is 3.64. The maximum Gasteiger partial charge on any atom is 0.451 e. The van der Waals surface area contributed by atoms with E-state index in [9.17, 15) is 13.2 Å². The standard InChI is InChI=1S/C20H19F3N4/c1-26-11-12-27(17(13-26)14-7-3-2-4-8-14)18-15-9-5-6-10-16(15)24-19(25-18)20(21,22)23/h2-10,17H,11-13H2,1H3/p+1/t17-/m0/s1. The molecular formula is C20H20F3N4+. The Hall–Kier alpha value is -2.67. The van der Waals surface area contributed by atoms with E-state index in [4.69, 9.17) is 0 Å². The van der Waals surface area contributed by atoms with Gasteiger partial charge in [-0.2, -0.15) is 13.2 Å². The summed E-state index contributed by atoms with van der Waals surface area (Å²) in [7, 11) is 2.10. The molecule has 0 radical (unpaired) electrons. The van der Waals surface area contributed by atoms with Gasteiger partial charge < -0.3 is 9.80 Å². The van der Waals surface area contributed by atoms with Gasteiger partial charge in [0.2, 0.25) is 5.82 Å². The largest absolute Gasteiger partial charge is 0.451 e. The molecule has 1 unspecified atom stereocenters. The van der Waals surface area contributed by atoms with Gasteiger partial charge in [-0.15, -0.1) is 0 Å². The number of benzene rings is 2. The molecule has 2 atom stereocenters. The number of piperazine rings is 1. The number of likely N-dealkylation sites (N-methyl/N-ethyl adjacent to an activating group) is 1. The molecule has 0 spiro atoms. The van der Waals surface area contributed by atoms with Gasteiger partial charge >= 0.3 is 6.18 Å². The van der Waals surface area contributed by atoms with Crippen LogP contribution in [0.15, 0.2) is 54.6 Å². The van der Waals surface area contributed by atoms with E-state index in [1.807, 2.05) is 35.2 Å². The number of fused-ring (bicyclic) bond motifs is 1. The number of halogens is 3. The van der Waals surface area contributed by atoms with Crippen LogP contribution in [0.3, 0.4) is 0 Å². The highest BCUT2D eigenvalue weighted by Crippen LogP contribution is 2.35. The molecule has 1 aliphatic rings. The molecule has 7 heteroatoms. The third kappa shape index (κ3) is 3.47. The Morgan fingerprint density at radius 2 is 1.70 bits per heavy atom. The van der Waals surface area contributed by atoms with Gasteiger partial charge in [0.1, 0.15) is 18.4 Å². The van der Waals surface area contributed by atoms with Crippen LogP contribution in [0.1, 0.15) is 17.4 Å². The Bertz CT molecular complexity index is 943. The molecule has 0 bridgehead atoms. The third-order valence-corrected chi connectivity index (χ3v) is 4.99. The summed E-state index contributed by atoms with van der Waals surface area (Å²) in [6.45, 7) is 2.26. The Morgan fingerprint density at radius 3 is 2.44 bits per heavy atom. The Kier molecular flexibility index (Phi) is 4.47. The normalized spacial score (nSPS) is 20.8. The highest BCUT2D eigenvalue weighted by atomic mass is 19.4. The number of nitrogens with one attached hydrogen (secondary N) is 1. The number of nitrogens with zero attached hydrogens (tertiary/aromatic N) is 3. The number of quaternary nitrogens is 1. The van der Waals surface area contributed by atoms with Crippen LogP contribution in [0.4, 0.5) is 19.0 Å². The second-order valence-corrected chi connectivity index (χ2v) is 6.92. The Morgan fingerprint density at radius 1 is 1.00 bits per heavy atom. The van der Waals surface area contributed by atoms with E-state index in [0.717, 1.165) is 18.7 Å². The number of alkyl halides is 3. The summed E-state index contributed by atoms with van der Waals surface area (Å²) in [5.41, 5.74) is 1.39. The van der Waals surface area contributed by atoms with E-state index in [1.54, 1.807) is 24.3 Å². The molecule has 1 fully saturated rings. The van der Waals surface area contributed by atoms with Crippen LogP contribution in [0.5, 0.6) is 0 Å². The van der Waals surface area contributed by atoms with Crippen molar-refractivity contribution in [3.05, 3.63) is 66.0 Å². The molecule has 2 heterocycles. The highest BCUT2D eigenvalue weighted by molar-refractivity contribution is 5.89. The quantitative estimate of drug-likeness (QED) is 0.750. The van der Waals surface area contributed by atoms with Gasteiger partial charge in [0.25, 0.3) is 0 Å². The van der Waals surface area contributed by atoms with Crippen molar-refractivity contribution in [1.29, 1.82) is 0 Å². The lowest BCUT2D eigenvalue weighted by Crippen LogP contribution is -3.12. The summed E-state index contributed by atoms with van der Waals surface area (Å²) in [5.74, 6) is -0.733. The fourth-order valence-corrected chi connectivity index (χ4v) is 3.64. The maximum atomic E-state index is 13.4. The van der Waals surface area contributed by atoms with Crippen LogP contribution in [0.25, 0.3) is 10.9 Å². The smallest absolute Gasteiger partial charge is 0.338 e. The summed E-state index contributed by atoms with van der Waals surface area (Å²) < 4.78 is 40.2. The number of hydrogen-bond donors (Lipinski definition) is 1. The summed E-state index contributed by atoms with van der Waals surface area (Å²) in [6, 6.07) is 16.7. The molecule has 2 aromatic carbocycles. The second kappa shape index (κ2) is 6.81. The molecule has 0 amide bonds. The summed E-state index contributed by atoms with van der Waals surface area (Å²) in [5, 5.41) is 0.644. The van der Waals surface area contributed by atoms with E-state index in [0.29, 0.717) is 23.3 Å². The Balaban J connectivity index is 1.88. The van der Waals surface area contributed by atoms with E-state index >= 15 is 0 Å². The lowest BCUT2D eigenvalue weighted by atomic mass is 10.0. The molecule has 1 saturated heterocycles. The molecule has 0 saturated carbocycles. The van der Waals surface area contributed by atoms with Gasteiger partial charge in [-0.3, -0.25) is 0 Å². The van der Waals surface area contributed by atoms with Gasteiger partial charge in [-0.05, 0) is 17.7 Å². The van der Waals surface area contributed by atoms with E-state index < -0.39 is 12.0 Å². The Labute approximate surface area is 155 Å². The van der Waals surface area contributed by atoms with Crippen molar-refractivity contribution in [2.75, 3.05) is 31.6 Å². The van der Waals surface area contributed by atoms with Crippen LogP contribution in [0.2, 0.25) is 0 Å². The zero-order chi connectivity index (χ0) is 19.0. The lowest BCUT2D eigenvalue weighted by Gasteiger charge is -2.39. The SMILES string of the molecule is C[NH+]1CCN(c2nc(C(F)(F)F)nc3ccccc23)[C@H](c2ccccc2)C1. The van der Waals surface area contributed by atoms with Gasteiger partial charge in [0, 0.05) is 5.39 Å². The molecular weight excluding hydrogens is 353 g/mol. The van der Waals surface area contributed by atoms with E-state index in [1.165, 1.54) is 4.90 Å². The van der Waals surface area contributed by atoms with E-state index in [-0.39, 0.29) is 6.04 Å². The number of rotatable bonds is 2. The minimum Gasteiger partial charge on any atom is -0.338 e. The van der Waals surface area contributed by atoms with Crippen molar-refractivity contribution in [2.45, 2.75) is 12.2 Å². The van der Waals surface area contributed by atoms with Crippen molar-refractivity contribution in [1.82, 2.24) is 9.97 Å². The number of anilines is 1.